The fourth-order valence-electron chi connectivity index (χ4n) is 3.21. The molecule has 1 aliphatic heterocycles. The van der Waals surface area contributed by atoms with Crippen molar-refractivity contribution < 1.29 is 14.3 Å². The van der Waals surface area contributed by atoms with E-state index in [1.54, 1.807) is 6.07 Å². The molecule has 150 valence electrons. The zero-order valence-electron chi connectivity index (χ0n) is 16.0. The Bertz CT molecular complexity index is 832. The van der Waals surface area contributed by atoms with Crippen molar-refractivity contribution in [2.45, 2.75) is 25.4 Å². The first kappa shape index (κ1) is 20.0. The van der Waals surface area contributed by atoms with Crippen molar-refractivity contribution >= 4 is 17.5 Å². The fourth-order valence-corrected chi connectivity index (χ4v) is 3.21. The van der Waals surface area contributed by atoms with Gasteiger partial charge in [0.15, 0.2) is 5.82 Å². The maximum Gasteiger partial charge on any atom is 0.339 e. The zero-order valence-corrected chi connectivity index (χ0v) is 16.0. The molecule has 3 N–H and O–H groups in total. The van der Waals surface area contributed by atoms with E-state index in [2.05, 4.69) is 39.9 Å². The summed E-state index contributed by atoms with van der Waals surface area (Å²) in [7, 11) is 4.11. The third kappa shape index (κ3) is 4.73. The average Bonchev–Trinajstić information content (AvgIpc) is 2.98. The third-order valence-corrected chi connectivity index (χ3v) is 4.60. The highest BCUT2D eigenvalue weighted by atomic mass is 19.1. The molecule has 0 bridgehead atoms. The molecule has 0 aliphatic carbocycles. The Kier molecular flexibility index (Phi) is 6.37. The number of unbranched alkanes of at least 4 members (excludes halogenated alkanes) is 2. The van der Waals surface area contributed by atoms with Gasteiger partial charge in [-0.15, -0.1) is 5.10 Å². The summed E-state index contributed by atoms with van der Waals surface area (Å²) in [5.41, 5.74) is 4.87. The molecule has 1 aromatic heterocycles. The number of nitrogens with zero attached hydrogens (tertiary/aromatic N) is 4. The number of aromatic carboxylic acids is 1. The molecular weight excluding hydrogens is 363 g/mol. The van der Waals surface area contributed by atoms with Crippen LogP contribution in [0.15, 0.2) is 30.5 Å². The van der Waals surface area contributed by atoms with Crippen molar-refractivity contribution in [3.63, 3.8) is 0 Å². The van der Waals surface area contributed by atoms with Crippen LogP contribution < -0.4 is 15.8 Å². The van der Waals surface area contributed by atoms with E-state index in [0.717, 1.165) is 38.0 Å². The minimum Gasteiger partial charge on any atom is -0.478 e. The first-order valence-electron chi connectivity index (χ1n) is 9.25. The van der Waals surface area contributed by atoms with Crippen molar-refractivity contribution in [3.8, 4) is 0 Å². The van der Waals surface area contributed by atoms with Gasteiger partial charge in [0, 0.05) is 12.1 Å². The van der Waals surface area contributed by atoms with E-state index < -0.39 is 12.1 Å². The van der Waals surface area contributed by atoms with Crippen molar-refractivity contribution in [2.24, 2.45) is 0 Å². The van der Waals surface area contributed by atoms with Gasteiger partial charge in [-0.05, 0) is 57.7 Å². The topological polar surface area (TPSA) is 93.6 Å². The van der Waals surface area contributed by atoms with Gasteiger partial charge in [-0.25, -0.2) is 14.6 Å². The number of hydrogen-bond acceptors (Lipinski definition) is 7. The second-order valence-corrected chi connectivity index (χ2v) is 7.02. The van der Waals surface area contributed by atoms with E-state index in [0.29, 0.717) is 5.56 Å². The van der Waals surface area contributed by atoms with Crippen molar-refractivity contribution in [2.75, 3.05) is 37.5 Å². The van der Waals surface area contributed by atoms with Crippen LogP contribution in [-0.4, -0.2) is 53.4 Å². The van der Waals surface area contributed by atoms with Crippen LogP contribution in [0.1, 0.15) is 41.3 Å². The van der Waals surface area contributed by atoms with Gasteiger partial charge in [0.05, 0.1) is 11.9 Å². The number of halogens is 1. The summed E-state index contributed by atoms with van der Waals surface area (Å²) >= 11 is 0. The van der Waals surface area contributed by atoms with Crippen molar-refractivity contribution in [1.82, 2.24) is 20.5 Å². The quantitative estimate of drug-likeness (QED) is 0.564. The second-order valence-electron chi connectivity index (χ2n) is 7.02. The number of anilines is 2. The number of carboxylic acids is 1. The number of rotatable bonds is 9. The Morgan fingerprint density at radius 2 is 2.14 bits per heavy atom. The fraction of sp³-hybridized carbons (Fsp3) is 0.421. The molecule has 1 unspecified atom stereocenters. The van der Waals surface area contributed by atoms with Gasteiger partial charge in [-0.3, -0.25) is 0 Å². The number of fused-ring (bicyclic) bond motifs is 1. The summed E-state index contributed by atoms with van der Waals surface area (Å²) in [6.07, 6.45) is 4.00. The molecule has 2 aromatic rings. The van der Waals surface area contributed by atoms with E-state index in [4.69, 9.17) is 0 Å². The highest BCUT2D eigenvalue weighted by Gasteiger charge is 2.29. The molecule has 8 nitrogen and oxygen atoms in total. The molecule has 0 saturated heterocycles. The lowest BCUT2D eigenvalue weighted by Gasteiger charge is -2.22. The van der Waals surface area contributed by atoms with Crippen LogP contribution in [0, 0.1) is 5.82 Å². The van der Waals surface area contributed by atoms with Gasteiger partial charge in [0.25, 0.3) is 0 Å². The lowest BCUT2D eigenvalue weighted by atomic mass is 10.1. The number of hydrogen-bond donors (Lipinski definition) is 3. The largest absolute Gasteiger partial charge is 0.478 e. The Balaban J connectivity index is 1.72. The molecule has 1 atom stereocenters. The first-order chi connectivity index (χ1) is 13.5. The van der Waals surface area contributed by atoms with Gasteiger partial charge < -0.3 is 20.3 Å². The van der Waals surface area contributed by atoms with Gasteiger partial charge in [0.2, 0.25) is 0 Å². The minimum atomic E-state index is -1.10. The van der Waals surface area contributed by atoms with Crippen LogP contribution in [0.4, 0.5) is 15.9 Å². The number of hydrazine groups is 1. The minimum absolute atomic E-state index is 0.0110. The number of carbonyl (C=O) groups is 1. The van der Waals surface area contributed by atoms with Gasteiger partial charge in [-0.2, -0.15) is 5.10 Å². The molecule has 0 saturated carbocycles. The highest BCUT2D eigenvalue weighted by molar-refractivity contribution is 5.92. The molecule has 2 heterocycles. The smallest absolute Gasteiger partial charge is 0.339 e. The van der Waals surface area contributed by atoms with E-state index in [-0.39, 0.29) is 17.2 Å². The Morgan fingerprint density at radius 1 is 1.32 bits per heavy atom. The van der Waals surface area contributed by atoms with Crippen LogP contribution in [-0.2, 0) is 0 Å². The number of nitrogens with one attached hydrogen (secondary N) is 2. The van der Waals surface area contributed by atoms with Crippen LogP contribution in [0.3, 0.4) is 0 Å². The summed E-state index contributed by atoms with van der Waals surface area (Å²) in [5, 5.41) is 22.0. The van der Waals surface area contributed by atoms with E-state index in [1.165, 1.54) is 24.4 Å². The summed E-state index contributed by atoms with van der Waals surface area (Å²) in [4.78, 5) is 13.6. The summed E-state index contributed by atoms with van der Waals surface area (Å²) < 4.78 is 13.8. The van der Waals surface area contributed by atoms with Crippen LogP contribution in [0.25, 0.3) is 0 Å². The van der Waals surface area contributed by atoms with Gasteiger partial charge in [0.1, 0.15) is 17.5 Å². The molecular formula is C19H25FN6O2. The van der Waals surface area contributed by atoms with Crippen molar-refractivity contribution in [3.05, 3.63) is 47.4 Å². The SMILES string of the molecule is CN(C)CCCCCN1NC(Nc2nnccc2C(=O)O)c2cc(F)ccc21. The monoisotopic (exact) mass is 388 g/mol. The van der Waals surface area contributed by atoms with Gasteiger partial charge >= 0.3 is 5.97 Å². The summed E-state index contributed by atoms with van der Waals surface area (Å²) in [6, 6.07) is 5.98. The maximum absolute atomic E-state index is 13.8. The predicted octanol–water partition coefficient (Wildman–Crippen LogP) is 2.48. The molecule has 9 heteroatoms. The molecule has 1 aromatic carbocycles. The van der Waals surface area contributed by atoms with Gasteiger partial charge in [-0.1, -0.05) is 6.42 Å². The lowest BCUT2D eigenvalue weighted by Crippen LogP contribution is -2.38. The first-order valence-corrected chi connectivity index (χ1v) is 9.25. The zero-order chi connectivity index (χ0) is 20.1. The molecule has 3 rings (SSSR count). The molecule has 0 fully saturated rings. The number of carboxylic acid groups (broad SMARTS) is 1. The lowest BCUT2D eigenvalue weighted by molar-refractivity contribution is 0.0697. The Hall–Kier alpha value is -2.78. The van der Waals surface area contributed by atoms with Crippen LogP contribution in [0.5, 0.6) is 0 Å². The van der Waals surface area contributed by atoms with E-state index in [1.807, 2.05) is 5.01 Å². The van der Waals surface area contributed by atoms with Crippen LogP contribution >= 0.6 is 0 Å². The van der Waals surface area contributed by atoms with Crippen LogP contribution in [0.2, 0.25) is 0 Å². The molecule has 0 amide bonds. The summed E-state index contributed by atoms with van der Waals surface area (Å²) in [5.74, 6) is -1.32. The molecule has 0 spiro atoms. The third-order valence-electron chi connectivity index (χ3n) is 4.60. The number of benzene rings is 1. The van der Waals surface area contributed by atoms with E-state index in [9.17, 15) is 14.3 Å². The summed E-state index contributed by atoms with van der Waals surface area (Å²) in [6.45, 7) is 1.81. The maximum atomic E-state index is 13.8. The van der Waals surface area contributed by atoms with Crippen molar-refractivity contribution in [1.29, 1.82) is 0 Å². The normalized spacial score (nSPS) is 15.7. The predicted molar refractivity (Wildman–Crippen MR) is 105 cm³/mol. The standard InChI is InChI=1S/C19H25FN6O2/c1-25(2)10-4-3-5-11-26-16-7-6-13(20)12-15(16)18(24-26)22-17-14(19(27)28)8-9-21-23-17/h6-9,12,18,24H,3-5,10-11H2,1-2H3,(H,22,23)(H,27,28). The second kappa shape index (κ2) is 8.94. The molecule has 28 heavy (non-hydrogen) atoms. The number of aromatic nitrogens is 2. The average molecular weight is 388 g/mol. The highest BCUT2D eigenvalue weighted by Crippen LogP contribution is 2.34. The Labute approximate surface area is 163 Å². The van der Waals surface area contributed by atoms with E-state index >= 15 is 0 Å². The molecule has 0 radical (unpaired) electrons. The Morgan fingerprint density at radius 3 is 2.89 bits per heavy atom. The molecule has 1 aliphatic rings.